The Morgan fingerprint density at radius 2 is 1.96 bits per heavy atom. The molecule has 3 heterocycles. The van der Waals surface area contributed by atoms with Crippen LogP contribution in [0.1, 0.15) is 22.3 Å². The van der Waals surface area contributed by atoms with E-state index in [-0.39, 0.29) is 6.10 Å². The first kappa shape index (κ1) is 14.4. The lowest BCUT2D eigenvalue weighted by molar-refractivity contribution is 0.0745. The molecule has 23 heavy (non-hydrogen) atoms. The minimum atomic E-state index is 0.188. The highest BCUT2D eigenvalue weighted by Crippen LogP contribution is 2.31. The Hall–Kier alpha value is -2.20. The maximum absolute atomic E-state index is 5.71. The average molecular weight is 307 g/mol. The normalized spacial score (nSPS) is 23.5. The summed E-state index contributed by atoms with van der Waals surface area (Å²) < 4.78 is 0. The van der Waals surface area contributed by atoms with Crippen LogP contribution >= 0.6 is 0 Å². The summed E-state index contributed by atoms with van der Waals surface area (Å²) in [7, 11) is 0. The Bertz CT molecular complexity index is 739. The Labute approximate surface area is 136 Å². The van der Waals surface area contributed by atoms with E-state index in [1.165, 1.54) is 22.3 Å². The van der Waals surface area contributed by atoms with Gasteiger partial charge in [0, 0.05) is 32.0 Å². The molecule has 0 bridgehead atoms. The zero-order valence-electron chi connectivity index (χ0n) is 13.6. The van der Waals surface area contributed by atoms with Crippen LogP contribution in [0.3, 0.4) is 0 Å². The molecule has 0 radical (unpaired) electrons. The molecule has 1 aromatic carbocycles. The van der Waals surface area contributed by atoms with Crippen LogP contribution in [0.5, 0.6) is 0 Å². The van der Waals surface area contributed by atoms with Crippen LogP contribution in [-0.4, -0.2) is 34.8 Å². The number of nitrogens with zero attached hydrogens (tertiary/aromatic N) is 3. The van der Waals surface area contributed by atoms with Gasteiger partial charge in [0.15, 0.2) is 0 Å². The summed E-state index contributed by atoms with van der Waals surface area (Å²) in [6.45, 7) is 7.11. The van der Waals surface area contributed by atoms with E-state index in [1.807, 2.05) is 12.4 Å². The van der Waals surface area contributed by atoms with Crippen molar-refractivity contribution in [3.05, 3.63) is 65.0 Å². The molecule has 1 saturated heterocycles. The summed E-state index contributed by atoms with van der Waals surface area (Å²) in [6, 6.07) is 10.7. The Morgan fingerprint density at radius 1 is 1.13 bits per heavy atom. The molecule has 2 aliphatic rings. The summed E-state index contributed by atoms with van der Waals surface area (Å²) in [6.07, 6.45) is 3.99. The van der Waals surface area contributed by atoms with Crippen LogP contribution in [-0.2, 0) is 11.4 Å². The molecule has 1 aromatic heterocycles. The fraction of sp³-hybridized carbons (Fsp3) is 0.368. The highest BCUT2D eigenvalue weighted by atomic mass is 16.6. The number of hydrogen-bond donors (Lipinski definition) is 0. The molecular formula is C19H21N3O. The topological polar surface area (TPSA) is 37.7 Å². The summed E-state index contributed by atoms with van der Waals surface area (Å²) in [5.41, 5.74) is 6.15. The minimum absolute atomic E-state index is 0.188. The second-order valence-electron chi connectivity index (χ2n) is 6.59. The number of oxime groups is 1. The quantitative estimate of drug-likeness (QED) is 0.875. The third-order valence-electron chi connectivity index (χ3n) is 4.86. The number of aromatic nitrogens is 1. The van der Waals surface area contributed by atoms with E-state index >= 15 is 0 Å². The van der Waals surface area contributed by atoms with Crippen LogP contribution in [0.15, 0.2) is 47.9 Å². The minimum Gasteiger partial charge on any atom is -0.390 e. The molecule has 118 valence electrons. The lowest BCUT2D eigenvalue weighted by Crippen LogP contribution is -2.23. The number of pyridine rings is 1. The van der Waals surface area contributed by atoms with Crippen molar-refractivity contribution < 1.29 is 4.84 Å². The first-order valence-corrected chi connectivity index (χ1v) is 8.13. The standard InChI is InChI=1S/C19H21N3O/c1-13-3-5-15(6-4-13)19-17-11-22(12-18(17)23-21-19)10-16-7-8-20-9-14(16)2/h3-9,17-18H,10-12H2,1-2H3/t17-,18-/m1/s1. The van der Waals surface area contributed by atoms with E-state index in [1.54, 1.807) is 0 Å². The maximum Gasteiger partial charge on any atom is 0.149 e. The fourth-order valence-electron chi connectivity index (χ4n) is 3.45. The number of likely N-dealkylation sites (tertiary alicyclic amines) is 1. The first-order valence-electron chi connectivity index (χ1n) is 8.13. The van der Waals surface area contributed by atoms with Gasteiger partial charge in [0.2, 0.25) is 0 Å². The highest BCUT2D eigenvalue weighted by molar-refractivity contribution is 6.03. The van der Waals surface area contributed by atoms with Crippen LogP contribution < -0.4 is 0 Å². The highest BCUT2D eigenvalue weighted by Gasteiger charge is 2.42. The largest absolute Gasteiger partial charge is 0.390 e. The van der Waals surface area contributed by atoms with Crippen molar-refractivity contribution in [3.8, 4) is 0 Å². The number of rotatable bonds is 3. The van der Waals surface area contributed by atoms with Gasteiger partial charge in [-0.05, 0) is 36.6 Å². The zero-order chi connectivity index (χ0) is 15.8. The molecule has 0 unspecified atom stereocenters. The SMILES string of the molecule is Cc1ccc(C2=NO[C@@H]3CN(Cc4ccncc4C)C[C@@H]23)cc1. The van der Waals surface area contributed by atoms with Crippen LogP contribution in [0.2, 0.25) is 0 Å². The average Bonchev–Trinajstić information content (AvgIpc) is 3.11. The van der Waals surface area contributed by atoms with Gasteiger partial charge in [-0.2, -0.15) is 0 Å². The molecule has 0 spiro atoms. The molecule has 0 N–H and O–H groups in total. The van der Waals surface area contributed by atoms with Crippen molar-refractivity contribution in [2.24, 2.45) is 11.1 Å². The molecule has 4 nitrogen and oxygen atoms in total. The maximum atomic E-state index is 5.71. The van der Waals surface area contributed by atoms with E-state index in [9.17, 15) is 0 Å². The summed E-state index contributed by atoms with van der Waals surface area (Å²) in [5.74, 6) is 0.375. The van der Waals surface area contributed by atoms with Crippen molar-refractivity contribution in [1.29, 1.82) is 0 Å². The van der Waals surface area contributed by atoms with Gasteiger partial charge in [-0.15, -0.1) is 0 Å². The van der Waals surface area contributed by atoms with E-state index in [4.69, 9.17) is 4.84 Å². The third-order valence-corrected chi connectivity index (χ3v) is 4.86. The molecule has 0 amide bonds. The van der Waals surface area contributed by atoms with Gasteiger partial charge in [-0.1, -0.05) is 35.0 Å². The predicted molar refractivity (Wildman–Crippen MR) is 90.3 cm³/mol. The smallest absolute Gasteiger partial charge is 0.149 e. The fourth-order valence-corrected chi connectivity index (χ4v) is 3.45. The van der Waals surface area contributed by atoms with E-state index in [2.05, 4.69) is 59.2 Å². The van der Waals surface area contributed by atoms with E-state index in [0.29, 0.717) is 5.92 Å². The van der Waals surface area contributed by atoms with Gasteiger partial charge < -0.3 is 4.84 Å². The van der Waals surface area contributed by atoms with Crippen molar-refractivity contribution in [2.45, 2.75) is 26.5 Å². The molecule has 2 atom stereocenters. The van der Waals surface area contributed by atoms with Gasteiger partial charge in [0.05, 0.1) is 11.6 Å². The molecular weight excluding hydrogens is 286 g/mol. The Kier molecular flexibility index (Phi) is 3.62. The van der Waals surface area contributed by atoms with Gasteiger partial charge in [0.25, 0.3) is 0 Å². The van der Waals surface area contributed by atoms with E-state index < -0.39 is 0 Å². The monoisotopic (exact) mass is 307 g/mol. The number of benzene rings is 1. The number of hydrogen-bond acceptors (Lipinski definition) is 4. The lowest BCUT2D eigenvalue weighted by atomic mass is 9.94. The van der Waals surface area contributed by atoms with Crippen molar-refractivity contribution in [1.82, 2.24) is 9.88 Å². The van der Waals surface area contributed by atoms with Crippen LogP contribution in [0.4, 0.5) is 0 Å². The number of fused-ring (bicyclic) bond motifs is 1. The zero-order valence-corrected chi connectivity index (χ0v) is 13.6. The summed E-state index contributed by atoms with van der Waals surface area (Å²) in [5, 5.41) is 4.36. The molecule has 4 rings (SSSR count). The number of aryl methyl sites for hydroxylation is 2. The van der Waals surface area contributed by atoms with Crippen molar-refractivity contribution >= 4 is 5.71 Å². The van der Waals surface area contributed by atoms with E-state index in [0.717, 1.165) is 25.3 Å². The Morgan fingerprint density at radius 3 is 2.74 bits per heavy atom. The summed E-state index contributed by atoms with van der Waals surface area (Å²) >= 11 is 0. The second kappa shape index (κ2) is 5.78. The van der Waals surface area contributed by atoms with Gasteiger partial charge in [-0.25, -0.2) is 0 Å². The molecule has 2 aliphatic heterocycles. The van der Waals surface area contributed by atoms with Crippen LogP contribution in [0.25, 0.3) is 0 Å². The summed E-state index contributed by atoms with van der Waals surface area (Å²) in [4.78, 5) is 12.3. The predicted octanol–water partition coefficient (Wildman–Crippen LogP) is 2.93. The third kappa shape index (κ3) is 2.75. The van der Waals surface area contributed by atoms with Gasteiger partial charge in [-0.3, -0.25) is 9.88 Å². The van der Waals surface area contributed by atoms with Crippen molar-refractivity contribution in [3.63, 3.8) is 0 Å². The van der Waals surface area contributed by atoms with Gasteiger partial charge in [0.1, 0.15) is 6.10 Å². The molecule has 1 fully saturated rings. The van der Waals surface area contributed by atoms with Gasteiger partial charge >= 0.3 is 0 Å². The molecule has 4 heteroatoms. The molecule has 0 aliphatic carbocycles. The molecule has 0 saturated carbocycles. The molecule has 2 aromatic rings. The Balaban J connectivity index is 1.49. The first-order chi connectivity index (χ1) is 11.2. The van der Waals surface area contributed by atoms with Crippen molar-refractivity contribution in [2.75, 3.05) is 13.1 Å². The lowest BCUT2D eigenvalue weighted by Gasteiger charge is -2.17. The van der Waals surface area contributed by atoms with Crippen LogP contribution in [0, 0.1) is 19.8 Å². The second-order valence-corrected chi connectivity index (χ2v) is 6.59.